The van der Waals surface area contributed by atoms with E-state index in [1.807, 2.05) is 12.2 Å². The van der Waals surface area contributed by atoms with E-state index < -0.39 is 15.1 Å². The van der Waals surface area contributed by atoms with Gasteiger partial charge in [-0.3, -0.25) is 4.79 Å². The van der Waals surface area contributed by atoms with Crippen LogP contribution < -0.4 is 0 Å². The molecule has 1 aromatic carbocycles. The number of Topliss-reactive ketones (excluding diaryl/α,β-unsaturated/α-hetero) is 1. The fourth-order valence-electron chi connectivity index (χ4n) is 2.72. The highest BCUT2D eigenvalue weighted by Crippen LogP contribution is 2.41. The van der Waals surface area contributed by atoms with Crippen LogP contribution in [0.1, 0.15) is 6.42 Å². The number of carbonyl (C=O) groups is 1. The van der Waals surface area contributed by atoms with Crippen LogP contribution in [0.3, 0.4) is 0 Å². The molecule has 3 rings (SSSR count). The van der Waals surface area contributed by atoms with Crippen molar-refractivity contribution in [3.8, 4) is 0 Å². The molecule has 2 aliphatic carbocycles. The molecular weight excluding hydrogens is 236 g/mol. The molecule has 17 heavy (non-hydrogen) atoms. The summed E-state index contributed by atoms with van der Waals surface area (Å²) in [4.78, 5) is 12.2. The Hall–Kier alpha value is -1.42. The second-order valence-corrected chi connectivity index (χ2v) is 6.64. The molecule has 0 radical (unpaired) electrons. The van der Waals surface area contributed by atoms with Crippen LogP contribution in [0.2, 0.25) is 0 Å². The van der Waals surface area contributed by atoms with Crippen LogP contribution in [0, 0.1) is 11.8 Å². The van der Waals surface area contributed by atoms with Crippen molar-refractivity contribution < 1.29 is 13.2 Å². The van der Waals surface area contributed by atoms with Gasteiger partial charge in [0.2, 0.25) is 0 Å². The first-order valence-electron chi connectivity index (χ1n) is 5.62. The highest BCUT2D eigenvalue weighted by Gasteiger charge is 2.50. The van der Waals surface area contributed by atoms with E-state index in [9.17, 15) is 13.2 Å². The van der Waals surface area contributed by atoms with Gasteiger partial charge in [0, 0.05) is 11.8 Å². The van der Waals surface area contributed by atoms with E-state index in [4.69, 9.17) is 0 Å². The minimum Gasteiger partial charge on any atom is -0.298 e. The highest BCUT2D eigenvalue weighted by molar-refractivity contribution is 7.92. The maximum Gasteiger partial charge on any atom is 0.188 e. The second kappa shape index (κ2) is 3.53. The lowest BCUT2D eigenvalue weighted by Crippen LogP contribution is -2.33. The number of fused-ring (bicyclic) bond motifs is 2. The molecule has 0 aromatic heterocycles. The maximum absolute atomic E-state index is 12.4. The average Bonchev–Trinajstić information content (AvgIpc) is 2.90. The number of carbonyl (C=O) groups excluding carboxylic acids is 1. The van der Waals surface area contributed by atoms with Gasteiger partial charge in [-0.2, -0.15) is 0 Å². The van der Waals surface area contributed by atoms with Gasteiger partial charge in [-0.05, 0) is 18.6 Å². The Balaban J connectivity index is 2.06. The van der Waals surface area contributed by atoms with Crippen molar-refractivity contribution in [3.63, 3.8) is 0 Å². The van der Waals surface area contributed by atoms with E-state index in [2.05, 4.69) is 0 Å². The van der Waals surface area contributed by atoms with E-state index in [1.165, 1.54) is 0 Å². The molecule has 3 atom stereocenters. The zero-order chi connectivity index (χ0) is 12.0. The van der Waals surface area contributed by atoms with Gasteiger partial charge in [0.15, 0.2) is 15.6 Å². The standard InChI is InChI=1S/C13H12O3S/c14-12-9-6-7-10(8-9)13(12)17(15,16)11-4-2-1-3-5-11/h1-7,9-10,13H,8H2/t9-,10+,13?/m1/s1. The van der Waals surface area contributed by atoms with Gasteiger partial charge >= 0.3 is 0 Å². The van der Waals surface area contributed by atoms with Gasteiger partial charge in [-0.15, -0.1) is 0 Å². The normalized spacial score (nSPS) is 31.1. The quantitative estimate of drug-likeness (QED) is 0.747. The second-order valence-electron chi connectivity index (χ2n) is 4.57. The molecule has 0 saturated heterocycles. The number of ketones is 1. The Morgan fingerprint density at radius 2 is 1.76 bits per heavy atom. The summed E-state index contributed by atoms with van der Waals surface area (Å²) < 4.78 is 24.8. The summed E-state index contributed by atoms with van der Waals surface area (Å²) >= 11 is 0. The summed E-state index contributed by atoms with van der Waals surface area (Å²) in [6.07, 6.45) is 4.37. The lowest BCUT2D eigenvalue weighted by Gasteiger charge is -2.17. The van der Waals surface area contributed by atoms with Crippen molar-refractivity contribution in [1.82, 2.24) is 0 Å². The van der Waals surface area contributed by atoms with Crippen molar-refractivity contribution in [2.24, 2.45) is 11.8 Å². The van der Waals surface area contributed by atoms with Gasteiger partial charge < -0.3 is 0 Å². The Morgan fingerprint density at radius 1 is 1.06 bits per heavy atom. The predicted molar refractivity (Wildman–Crippen MR) is 63.2 cm³/mol. The van der Waals surface area contributed by atoms with E-state index in [0.29, 0.717) is 6.42 Å². The third-order valence-electron chi connectivity index (χ3n) is 3.56. The number of rotatable bonds is 2. The third-order valence-corrected chi connectivity index (χ3v) is 5.74. The van der Waals surface area contributed by atoms with Crippen LogP contribution in [0.5, 0.6) is 0 Å². The maximum atomic E-state index is 12.4. The van der Waals surface area contributed by atoms with E-state index in [-0.39, 0.29) is 22.5 Å². The molecule has 0 aliphatic heterocycles. The van der Waals surface area contributed by atoms with Crippen LogP contribution in [0.15, 0.2) is 47.4 Å². The monoisotopic (exact) mass is 248 g/mol. The molecule has 0 N–H and O–H groups in total. The molecule has 1 unspecified atom stereocenters. The van der Waals surface area contributed by atoms with Crippen molar-refractivity contribution in [1.29, 1.82) is 0 Å². The van der Waals surface area contributed by atoms with Gasteiger partial charge in [0.05, 0.1) is 4.90 Å². The summed E-state index contributed by atoms with van der Waals surface area (Å²) in [6, 6.07) is 8.24. The van der Waals surface area contributed by atoms with Gasteiger partial charge in [-0.1, -0.05) is 30.4 Å². The molecule has 2 aliphatic rings. The summed E-state index contributed by atoms with van der Waals surface area (Å²) in [6.45, 7) is 0. The molecule has 3 nitrogen and oxygen atoms in total. The summed E-state index contributed by atoms with van der Waals surface area (Å²) in [5, 5.41) is -0.861. The van der Waals surface area contributed by atoms with Crippen LogP contribution in [0.4, 0.5) is 0 Å². The SMILES string of the molecule is O=C1C(S(=O)(=O)c2ccccc2)[C@H]2C=C[C@@H]1C2. The number of hydrogen-bond acceptors (Lipinski definition) is 3. The van der Waals surface area contributed by atoms with Crippen LogP contribution in [-0.2, 0) is 14.6 Å². The van der Waals surface area contributed by atoms with Crippen molar-refractivity contribution >= 4 is 15.6 Å². The Kier molecular flexibility index (Phi) is 2.23. The fourth-order valence-corrected chi connectivity index (χ4v) is 4.70. The highest BCUT2D eigenvalue weighted by atomic mass is 32.2. The minimum atomic E-state index is -3.52. The van der Waals surface area contributed by atoms with E-state index >= 15 is 0 Å². The summed E-state index contributed by atoms with van der Waals surface area (Å²) in [7, 11) is -3.52. The van der Waals surface area contributed by atoms with Gasteiger partial charge in [0.25, 0.3) is 0 Å². The van der Waals surface area contributed by atoms with Crippen LogP contribution >= 0.6 is 0 Å². The van der Waals surface area contributed by atoms with Gasteiger partial charge in [-0.25, -0.2) is 8.42 Å². The van der Waals surface area contributed by atoms with Crippen molar-refractivity contribution in [2.75, 3.05) is 0 Å². The smallest absolute Gasteiger partial charge is 0.188 e. The molecule has 4 heteroatoms. The molecule has 88 valence electrons. The molecule has 1 aromatic rings. The molecule has 1 fully saturated rings. The molecule has 0 heterocycles. The number of sulfone groups is 1. The zero-order valence-corrected chi connectivity index (χ0v) is 9.93. The first-order chi connectivity index (χ1) is 8.10. The number of hydrogen-bond donors (Lipinski definition) is 0. The Morgan fingerprint density at radius 3 is 2.35 bits per heavy atom. The zero-order valence-electron chi connectivity index (χ0n) is 9.11. The van der Waals surface area contributed by atoms with Gasteiger partial charge in [0.1, 0.15) is 5.25 Å². The van der Waals surface area contributed by atoms with Crippen molar-refractivity contribution in [3.05, 3.63) is 42.5 Å². The molecule has 2 bridgehead atoms. The first kappa shape index (κ1) is 10.7. The average molecular weight is 248 g/mol. The third kappa shape index (κ3) is 1.47. The van der Waals surface area contributed by atoms with E-state index in [1.54, 1.807) is 30.3 Å². The lowest BCUT2D eigenvalue weighted by molar-refractivity contribution is -0.119. The van der Waals surface area contributed by atoms with E-state index in [0.717, 1.165) is 0 Å². The van der Waals surface area contributed by atoms with Crippen molar-refractivity contribution in [2.45, 2.75) is 16.6 Å². The summed E-state index contributed by atoms with van der Waals surface area (Å²) in [5.41, 5.74) is 0. The Labute approximate surface area is 100 Å². The van der Waals surface area contributed by atoms with Crippen LogP contribution in [0.25, 0.3) is 0 Å². The first-order valence-corrected chi connectivity index (χ1v) is 7.16. The molecular formula is C13H12O3S. The molecule has 1 saturated carbocycles. The Bertz CT molecular complexity index is 586. The summed E-state index contributed by atoms with van der Waals surface area (Å²) in [5.74, 6) is -0.442. The number of benzene rings is 1. The largest absolute Gasteiger partial charge is 0.298 e. The predicted octanol–water partition coefficient (Wildman–Crippen LogP) is 1.60. The number of allylic oxidation sites excluding steroid dienone is 2. The lowest BCUT2D eigenvalue weighted by atomic mass is 10.1. The molecule has 0 spiro atoms. The minimum absolute atomic E-state index is 0.127. The molecule has 0 amide bonds. The fraction of sp³-hybridized carbons (Fsp3) is 0.308. The topological polar surface area (TPSA) is 51.2 Å². The van der Waals surface area contributed by atoms with Crippen LogP contribution in [-0.4, -0.2) is 19.5 Å².